The molecule has 3 amide bonds. The summed E-state index contributed by atoms with van der Waals surface area (Å²) in [5, 5.41) is 14.4. The van der Waals surface area contributed by atoms with Gasteiger partial charge in [0.15, 0.2) is 11.9 Å². The summed E-state index contributed by atoms with van der Waals surface area (Å²) >= 11 is 0. The van der Waals surface area contributed by atoms with Crippen LogP contribution in [0.5, 0.6) is 5.75 Å². The van der Waals surface area contributed by atoms with E-state index in [0.717, 1.165) is 24.9 Å². The van der Waals surface area contributed by atoms with Crippen molar-refractivity contribution in [3.63, 3.8) is 0 Å². The first-order valence-corrected chi connectivity index (χ1v) is 19.5. The Kier molecular flexibility index (Phi) is 17.6. The lowest BCUT2D eigenvalue weighted by molar-refractivity contribution is 0.0991. The fourth-order valence-corrected chi connectivity index (χ4v) is 5.95. The molecule has 10 N–H and O–H groups in total. The number of nitrogens with one attached hydrogen (secondary N) is 2. The molecule has 0 bridgehead atoms. The number of hydrogen-bond donors (Lipinski definition) is 6. The molecule has 0 aliphatic carbocycles. The predicted molar refractivity (Wildman–Crippen MR) is 232 cm³/mol. The van der Waals surface area contributed by atoms with Crippen molar-refractivity contribution in [1.29, 1.82) is 0 Å². The molecule has 20 nitrogen and oxygen atoms in total. The van der Waals surface area contributed by atoms with E-state index in [0.29, 0.717) is 69.6 Å². The third kappa shape index (κ3) is 11.2. The minimum atomic E-state index is -0.635. The molecule has 0 aliphatic heterocycles. The standard InChI is InChI=1S/C31H37N11O4.C7H10N2O.C2H6.H4N2/c1-6-18(4)46-24-15-19(26(32)43)13-21-25(24)40(30(34-5)36-21)10-8-9-11-41-28-22(14-20(16-35-28)27(33)44)37-31(41)38-29(45)23-12-17(3)39-42(23)7-2;1-3-9-7(5-10)4-6(2)8-9;2*1-2/h8-9,12-16,18H,6-7,10-11H2,1-5H3,(H2,32,43)(H2,33,44)(H,34,36)(H,37,38,45);4-5H,3H2,1-2H3;1-2H3;1-2H2/b9-8+;;;. The van der Waals surface area contributed by atoms with Gasteiger partial charge < -0.3 is 26.1 Å². The van der Waals surface area contributed by atoms with E-state index in [9.17, 15) is 19.2 Å². The van der Waals surface area contributed by atoms with Gasteiger partial charge in [-0.05, 0) is 71.4 Å². The van der Waals surface area contributed by atoms with Gasteiger partial charge >= 0.3 is 0 Å². The van der Waals surface area contributed by atoms with Crippen molar-refractivity contribution in [1.82, 2.24) is 43.6 Å². The third-order valence-corrected chi connectivity index (χ3v) is 8.84. The zero-order valence-corrected chi connectivity index (χ0v) is 35.7. The van der Waals surface area contributed by atoms with Gasteiger partial charge in [0.05, 0.1) is 28.6 Å². The predicted octanol–water partition coefficient (Wildman–Crippen LogP) is 4.10. The van der Waals surface area contributed by atoms with Crippen LogP contribution in [-0.4, -0.2) is 80.8 Å². The highest BCUT2D eigenvalue weighted by Crippen LogP contribution is 2.32. The molecule has 5 heterocycles. The average molecular weight is 828 g/mol. The molecule has 1 aromatic carbocycles. The van der Waals surface area contributed by atoms with Crippen LogP contribution in [0.1, 0.15) is 101 Å². The number of amides is 3. The van der Waals surface area contributed by atoms with E-state index in [1.165, 1.54) is 12.3 Å². The SMILES string of the molecule is CC.CCC(C)Oc1cc(C(N)=O)cc2nc(NC)n(C/C=C/Cn3c(NC(=O)c4cc(C)nn4CC)nc4cc(C(N)=O)cnc43)c12.CCn1nc(C)cc1C=O.NN. The Morgan fingerprint density at radius 1 is 0.817 bits per heavy atom. The van der Waals surface area contributed by atoms with Crippen LogP contribution < -0.4 is 38.5 Å². The highest BCUT2D eigenvalue weighted by Gasteiger charge is 2.21. The summed E-state index contributed by atoms with van der Waals surface area (Å²) in [5.41, 5.74) is 16.3. The summed E-state index contributed by atoms with van der Waals surface area (Å²) in [7, 11) is 1.76. The maximum Gasteiger partial charge on any atom is 0.276 e. The Bertz CT molecular complexity index is 2440. The van der Waals surface area contributed by atoms with Crippen LogP contribution in [0.3, 0.4) is 0 Å². The van der Waals surface area contributed by atoms with E-state index in [1.807, 2.05) is 72.1 Å². The van der Waals surface area contributed by atoms with Crippen LogP contribution in [0.4, 0.5) is 11.9 Å². The molecule has 1 unspecified atom stereocenters. The van der Waals surface area contributed by atoms with Gasteiger partial charge in [0.2, 0.25) is 23.7 Å². The number of hydrazine groups is 1. The van der Waals surface area contributed by atoms with Gasteiger partial charge in [0.25, 0.3) is 5.91 Å². The van der Waals surface area contributed by atoms with Gasteiger partial charge in [-0.25, -0.2) is 15.0 Å². The number of carbonyl (C=O) groups is 4. The lowest BCUT2D eigenvalue weighted by Crippen LogP contribution is -2.20. The molecule has 6 rings (SSSR count). The second-order valence-corrected chi connectivity index (χ2v) is 12.9. The van der Waals surface area contributed by atoms with Gasteiger partial charge in [0, 0.05) is 45.0 Å². The van der Waals surface area contributed by atoms with Crippen molar-refractivity contribution in [3.05, 3.63) is 82.6 Å². The molecule has 0 fully saturated rings. The highest BCUT2D eigenvalue weighted by atomic mass is 16.5. The number of rotatable bonds is 15. The first-order chi connectivity index (χ1) is 28.8. The number of pyridine rings is 1. The number of nitrogens with two attached hydrogens (primary N) is 4. The van der Waals surface area contributed by atoms with Gasteiger partial charge in [-0.1, -0.05) is 32.9 Å². The number of aryl methyl sites for hydroxylation is 4. The highest BCUT2D eigenvalue weighted by molar-refractivity contribution is 6.03. The van der Waals surface area contributed by atoms with E-state index in [-0.39, 0.29) is 30.1 Å². The minimum absolute atomic E-state index is 0.103. The number of allylic oxidation sites excluding steroid dienone is 2. The third-order valence-electron chi connectivity index (χ3n) is 8.84. The molecular weight excluding hydrogens is 771 g/mol. The van der Waals surface area contributed by atoms with Gasteiger partial charge in [-0.2, -0.15) is 10.2 Å². The number of aldehydes is 1. The number of imidazole rings is 2. The molecule has 0 saturated heterocycles. The second kappa shape index (κ2) is 22.3. The van der Waals surface area contributed by atoms with E-state index >= 15 is 0 Å². The number of nitrogens with zero attached hydrogens (tertiary/aromatic N) is 9. The molecule has 20 heteroatoms. The Morgan fingerprint density at radius 3 is 1.97 bits per heavy atom. The van der Waals surface area contributed by atoms with Crippen LogP contribution >= 0.6 is 0 Å². The van der Waals surface area contributed by atoms with Crippen LogP contribution in [0.25, 0.3) is 22.2 Å². The Morgan fingerprint density at radius 2 is 1.40 bits per heavy atom. The molecule has 0 spiro atoms. The maximum atomic E-state index is 13.3. The zero-order chi connectivity index (χ0) is 44.7. The number of benzene rings is 1. The number of carbonyl (C=O) groups excluding carboxylic acids is 4. The molecule has 0 radical (unpaired) electrons. The van der Waals surface area contributed by atoms with E-state index < -0.39 is 11.8 Å². The van der Waals surface area contributed by atoms with Crippen LogP contribution in [-0.2, 0) is 26.2 Å². The van der Waals surface area contributed by atoms with Crippen molar-refractivity contribution in [2.24, 2.45) is 23.2 Å². The van der Waals surface area contributed by atoms with E-state index in [2.05, 4.69) is 47.5 Å². The lowest BCUT2D eigenvalue weighted by Gasteiger charge is -2.16. The van der Waals surface area contributed by atoms with E-state index in [1.54, 1.807) is 45.2 Å². The van der Waals surface area contributed by atoms with Crippen molar-refractivity contribution in [2.45, 2.75) is 94.1 Å². The Balaban J connectivity index is 0.000000590. The molecule has 322 valence electrons. The molecule has 0 aliphatic rings. The van der Waals surface area contributed by atoms with Crippen LogP contribution in [0.2, 0.25) is 0 Å². The molecule has 1 atom stereocenters. The Hall–Kier alpha value is -6.93. The molecule has 60 heavy (non-hydrogen) atoms. The number of ether oxygens (including phenoxy) is 1. The number of primary amides is 2. The molecule has 0 saturated carbocycles. The fourth-order valence-electron chi connectivity index (χ4n) is 5.95. The average Bonchev–Trinajstić information content (AvgIpc) is 4.02. The minimum Gasteiger partial charge on any atom is -0.488 e. The zero-order valence-electron chi connectivity index (χ0n) is 35.7. The van der Waals surface area contributed by atoms with Crippen molar-refractivity contribution in [2.75, 3.05) is 17.7 Å². The normalized spacial score (nSPS) is 11.2. The summed E-state index contributed by atoms with van der Waals surface area (Å²) in [6, 6.07) is 8.30. The van der Waals surface area contributed by atoms with Gasteiger partial charge in [-0.3, -0.25) is 50.1 Å². The topological polar surface area (TPSA) is 290 Å². The van der Waals surface area contributed by atoms with Gasteiger partial charge in [-0.15, -0.1) is 0 Å². The molecule has 5 aromatic heterocycles. The fraction of sp³-hybridized carbons (Fsp3) is 0.375. The number of aromatic nitrogens is 9. The Labute approximate surface area is 348 Å². The summed E-state index contributed by atoms with van der Waals surface area (Å²) in [4.78, 5) is 61.1. The largest absolute Gasteiger partial charge is 0.488 e. The monoisotopic (exact) mass is 827 g/mol. The molecular formula is C40H57N15O5. The van der Waals surface area contributed by atoms with Crippen LogP contribution in [0, 0.1) is 13.8 Å². The summed E-state index contributed by atoms with van der Waals surface area (Å²) in [6.07, 6.45) is 6.70. The van der Waals surface area contributed by atoms with Crippen LogP contribution in [0.15, 0.2) is 48.7 Å². The van der Waals surface area contributed by atoms with E-state index in [4.69, 9.17) is 16.2 Å². The first-order valence-electron chi connectivity index (χ1n) is 19.5. The number of anilines is 2. The summed E-state index contributed by atoms with van der Waals surface area (Å²) < 4.78 is 13.2. The first kappa shape index (κ1) is 47.4. The smallest absolute Gasteiger partial charge is 0.276 e. The number of hydrogen-bond acceptors (Lipinski definition) is 13. The lowest BCUT2D eigenvalue weighted by atomic mass is 10.1. The summed E-state index contributed by atoms with van der Waals surface area (Å²) in [6.45, 7) is 17.5. The molecule has 6 aromatic rings. The van der Waals surface area contributed by atoms with Gasteiger partial charge in [0.1, 0.15) is 28.2 Å². The maximum absolute atomic E-state index is 13.3. The van der Waals surface area contributed by atoms with Crippen molar-refractivity contribution < 1.29 is 23.9 Å². The quantitative estimate of drug-likeness (QED) is 0.0368. The number of fused-ring (bicyclic) bond motifs is 2. The van der Waals surface area contributed by atoms with Crippen molar-refractivity contribution >= 4 is 58.1 Å². The second-order valence-electron chi connectivity index (χ2n) is 12.9. The van der Waals surface area contributed by atoms with Crippen molar-refractivity contribution in [3.8, 4) is 5.75 Å². The summed E-state index contributed by atoms with van der Waals surface area (Å²) in [5.74, 6) is 7.73.